The smallest absolute Gasteiger partial charge is 0.480 e. The van der Waals surface area contributed by atoms with E-state index in [9.17, 15) is 77.7 Å². The number of anilines is 1. The van der Waals surface area contributed by atoms with Crippen LogP contribution in [0.25, 0.3) is 11.2 Å². The van der Waals surface area contributed by atoms with Gasteiger partial charge < -0.3 is 72.2 Å². The highest BCUT2D eigenvalue weighted by Crippen LogP contribution is 2.61. The van der Waals surface area contributed by atoms with Crippen molar-refractivity contribution in [2.75, 3.05) is 44.3 Å². The number of aliphatic hydroxyl groups excluding tert-OH is 3. The molecule has 3 heterocycles. The number of primary amides is 1. The summed E-state index contributed by atoms with van der Waals surface area (Å²) >= 11 is 0.702. The lowest BCUT2D eigenvalue weighted by Gasteiger charge is -2.30. The van der Waals surface area contributed by atoms with Crippen LogP contribution in [0.5, 0.6) is 0 Å². The van der Waals surface area contributed by atoms with Crippen LogP contribution in [0.4, 0.5) is 5.82 Å². The molecule has 34 heteroatoms. The van der Waals surface area contributed by atoms with Gasteiger partial charge in [-0.15, -0.1) is 0 Å². The summed E-state index contributed by atoms with van der Waals surface area (Å²) in [5.74, 6) is -3.56. The second-order valence-electron chi connectivity index (χ2n) is 14.4. The summed E-state index contributed by atoms with van der Waals surface area (Å²) < 4.78 is 62.1. The minimum absolute atomic E-state index is 0.00871. The zero-order valence-electron chi connectivity index (χ0n) is 33.8. The number of nitrogens with one attached hydrogen (secondary N) is 3. The van der Waals surface area contributed by atoms with Crippen molar-refractivity contribution in [3.63, 3.8) is 0 Å². The van der Waals surface area contributed by atoms with Crippen molar-refractivity contribution in [2.24, 2.45) is 11.1 Å². The molecule has 0 radical (unpaired) electrons. The van der Waals surface area contributed by atoms with Gasteiger partial charge in [0.15, 0.2) is 17.7 Å². The zero-order chi connectivity index (χ0) is 48.2. The average molecular weight is 998 g/mol. The van der Waals surface area contributed by atoms with Crippen LogP contribution in [0.3, 0.4) is 0 Å². The lowest BCUT2D eigenvalue weighted by molar-refractivity contribution is -0.140. The molecule has 362 valence electrons. The van der Waals surface area contributed by atoms with Gasteiger partial charge in [-0.3, -0.25) is 42.1 Å². The Balaban J connectivity index is 1.41. The number of carbonyl (C=O) groups is 5. The number of nitrogens with two attached hydrogens (primary N) is 2. The van der Waals surface area contributed by atoms with Crippen molar-refractivity contribution >= 4 is 81.0 Å². The highest BCUT2D eigenvalue weighted by Gasteiger charge is 2.50. The number of aliphatic carboxylic acids is 1. The first-order valence-corrected chi connectivity index (χ1v) is 24.1. The molecular formula is C30H50N9O21P3S. The minimum Gasteiger partial charge on any atom is -0.480 e. The van der Waals surface area contributed by atoms with E-state index in [2.05, 4.69) is 39.7 Å². The molecule has 0 aromatic carbocycles. The third-order valence-electron chi connectivity index (χ3n) is 8.80. The second kappa shape index (κ2) is 23.7. The number of nitrogens with zero attached hydrogens (tertiary/aromatic N) is 4. The van der Waals surface area contributed by atoms with E-state index in [1.807, 2.05) is 0 Å². The predicted octanol–water partition coefficient (Wildman–Crippen LogP) is -3.28. The maximum Gasteiger partial charge on any atom is 0.481 e. The normalized spacial score (nSPS) is 21.3. The molecule has 1 aliphatic rings. The SMILES string of the molecule is CC(C)(COP(=O)(O)OP(=O)(O)OC[C@H]1O[C@@H](n2cnc3c(N)ncnc32)[C@H](O)[C@@H]1OP(=O)(O)O)[C@@H](O)C(=O)NCCC(=O)NCCSC(=O)[C@@H](O)CCN[C@@H](CCC(N)=O)C(=O)O. The average Bonchev–Trinajstić information content (AvgIpc) is 3.75. The molecule has 2 unspecified atom stereocenters. The Bertz CT molecular complexity index is 2110. The number of carboxylic acid groups (broad SMARTS) is 1. The Morgan fingerprint density at radius 3 is 2.28 bits per heavy atom. The number of aliphatic hydroxyl groups is 3. The molecule has 3 amide bonds. The van der Waals surface area contributed by atoms with Crippen LogP contribution in [0.15, 0.2) is 12.7 Å². The van der Waals surface area contributed by atoms with Gasteiger partial charge in [0.1, 0.15) is 48.4 Å². The molecule has 2 aromatic heterocycles. The van der Waals surface area contributed by atoms with Crippen molar-refractivity contribution in [3.05, 3.63) is 12.7 Å². The van der Waals surface area contributed by atoms with Crippen LogP contribution in [-0.4, -0.2) is 163 Å². The van der Waals surface area contributed by atoms with Crippen molar-refractivity contribution in [1.82, 2.24) is 35.5 Å². The highest BCUT2D eigenvalue weighted by molar-refractivity contribution is 8.13. The van der Waals surface area contributed by atoms with E-state index in [-0.39, 0.29) is 68.1 Å². The number of rotatable bonds is 28. The van der Waals surface area contributed by atoms with Crippen LogP contribution in [0, 0.1) is 5.41 Å². The fourth-order valence-corrected chi connectivity index (χ4v) is 9.03. The van der Waals surface area contributed by atoms with E-state index in [0.29, 0.717) is 11.8 Å². The van der Waals surface area contributed by atoms with Crippen molar-refractivity contribution < 1.29 is 100 Å². The second-order valence-corrected chi connectivity index (χ2v) is 19.7. The summed E-state index contributed by atoms with van der Waals surface area (Å²) in [7, 11) is -16.5. The Morgan fingerprint density at radius 2 is 1.64 bits per heavy atom. The number of nitrogen functional groups attached to an aromatic ring is 1. The predicted molar refractivity (Wildman–Crippen MR) is 216 cm³/mol. The number of imidazole rings is 1. The van der Waals surface area contributed by atoms with E-state index in [1.54, 1.807) is 0 Å². The summed E-state index contributed by atoms with van der Waals surface area (Å²) in [6.07, 6.45) is -9.09. The van der Waals surface area contributed by atoms with Gasteiger partial charge in [0.05, 0.1) is 19.5 Å². The van der Waals surface area contributed by atoms with Gasteiger partial charge in [0, 0.05) is 37.1 Å². The molecule has 0 saturated carbocycles. The van der Waals surface area contributed by atoms with Gasteiger partial charge in [-0.2, -0.15) is 4.31 Å². The fraction of sp³-hybridized carbons (Fsp3) is 0.667. The van der Waals surface area contributed by atoms with Crippen molar-refractivity contribution in [2.45, 2.75) is 82.3 Å². The first-order valence-electron chi connectivity index (χ1n) is 18.6. The molecular weight excluding hydrogens is 947 g/mol. The molecule has 30 nitrogen and oxygen atoms in total. The molecule has 1 aliphatic heterocycles. The van der Waals surface area contributed by atoms with E-state index < -0.39 is 114 Å². The number of carboxylic acids is 1. The number of aromatic nitrogens is 4. The molecule has 64 heavy (non-hydrogen) atoms. The van der Waals surface area contributed by atoms with Crippen LogP contribution in [0.1, 0.15) is 45.8 Å². The number of phosphoric ester groups is 3. The molecule has 0 spiro atoms. The van der Waals surface area contributed by atoms with E-state index >= 15 is 0 Å². The Hall–Kier alpha value is -3.58. The number of hydrogen-bond acceptors (Lipinski definition) is 22. The van der Waals surface area contributed by atoms with Crippen LogP contribution in [0.2, 0.25) is 0 Å². The lowest BCUT2D eigenvalue weighted by Crippen LogP contribution is -2.46. The number of fused-ring (bicyclic) bond motifs is 1. The monoisotopic (exact) mass is 997 g/mol. The van der Waals surface area contributed by atoms with E-state index in [1.165, 1.54) is 13.8 Å². The summed E-state index contributed by atoms with van der Waals surface area (Å²) in [6, 6.07) is -1.11. The summed E-state index contributed by atoms with van der Waals surface area (Å²) in [6.45, 7) is -0.0780. The van der Waals surface area contributed by atoms with Gasteiger partial charge >= 0.3 is 29.4 Å². The van der Waals surface area contributed by atoms with Crippen molar-refractivity contribution in [1.29, 1.82) is 0 Å². The largest absolute Gasteiger partial charge is 0.481 e. The van der Waals surface area contributed by atoms with E-state index in [4.69, 9.17) is 25.3 Å². The van der Waals surface area contributed by atoms with Gasteiger partial charge in [0.2, 0.25) is 22.8 Å². The van der Waals surface area contributed by atoms with Gasteiger partial charge in [-0.05, 0) is 19.4 Å². The number of carbonyl (C=O) groups excluding carboxylic acids is 4. The molecule has 0 aliphatic carbocycles. The number of thioether (sulfide) groups is 1. The topological polar surface area (TPSA) is 476 Å². The molecule has 1 fully saturated rings. The molecule has 0 bridgehead atoms. The molecule has 2 aromatic rings. The molecule has 9 atom stereocenters. The molecule has 1 saturated heterocycles. The number of hydrogen-bond donors (Lipinski definition) is 13. The summed E-state index contributed by atoms with van der Waals surface area (Å²) in [5.41, 5.74) is 9.17. The maximum atomic E-state index is 12.7. The number of phosphoric acid groups is 3. The van der Waals surface area contributed by atoms with Crippen LogP contribution >= 0.6 is 35.2 Å². The third kappa shape index (κ3) is 17.3. The molecule has 3 rings (SSSR count). The van der Waals surface area contributed by atoms with Gasteiger partial charge in [-0.25, -0.2) is 28.6 Å². The Kier molecular flexibility index (Phi) is 20.3. The third-order valence-corrected chi connectivity index (χ3v) is 12.9. The number of ether oxygens (including phenoxy) is 1. The lowest BCUT2D eigenvalue weighted by atomic mass is 9.87. The first-order chi connectivity index (χ1) is 29.6. The minimum atomic E-state index is -5.62. The van der Waals surface area contributed by atoms with E-state index in [0.717, 1.165) is 17.2 Å². The van der Waals surface area contributed by atoms with Crippen LogP contribution in [-0.2, 0) is 60.3 Å². The van der Waals surface area contributed by atoms with Crippen molar-refractivity contribution in [3.8, 4) is 0 Å². The number of amides is 3. The molecule has 15 N–H and O–H groups in total. The standard InChI is InChI=1S/C30H50N9O21P3S/c1-30(2,23(44)26(45)35-8-6-19(42)34-9-10-64-29(48)16(40)5-7-33-15(28(46)47)3-4-18(31)41)12-57-63(54,55)60-62(52,53)56-11-17-22(59-61(49,50)51)21(43)27(58-17)39-14-38-20-24(32)36-13-37-25(20)39/h13-17,21-23,27,33,40,43-44H,3-12H2,1-2H3,(H2,31,41)(H,34,42)(H,35,45)(H,46,47)(H,52,53)(H,54,55)(H2,32,36,37)(H2,49,50,51)/t15-,16-,17+,21+,22+,23-,27+/m0/s1. The first kappa shape index (κ1) is 54.8. The van der Waals surface area contributed by atoms with Gasteiger partial charge in [0.25, 0.3) is 0 Å². The quantitative estimate of drug-likeness (QED) is 0.0294. The van der Waals surface area contributed by atoms with Gasteiger partial charge in [-0.1, -0.05) is 25.6 Å². The summed E-state index contributed by atoms with van der Waals surface area (Å²) in [5, 5.41) is 47.4. The van der Waals surface area contributed by atoms with Crippen LogP contribution < -0.4 is 27.4 Å². The zero-order valence-corrected chi connectivity index (χ0v) is 37.3. The Morgan fingerprint density at radius 1 is 0.969 bits per heavy atom. The summed E-state index contributed by atoms with van der Waals surface area (Å²) in [4.78, 5) is 110. The highest BCUT2D eigenvalue weighted by atomic mass is 32.2. The Labute approximate surface area is 366 Å². The maximum absolute atomic E-state index is 12.7. The fourth-order valence-electron chi connectivity index (χ4n) is 5.49.